The van der Waals surface area contributed by atoms with Gasteiger partial charge in [-0.2, -0.15) is 5.10 Å². The number of hydrogen-bond acceptors (Lipinski definition) is 3. The molecule has 0 aliphatic carbocycles. The summed E-state index contributed by atoms with van der Waals surface area (Å²) in [6.07, 6.45) is 1.92. The van der Waals surface area contributed by atoms with E-state index in [1.54, 1.807) is 10.9 Å². The molecular formula is C10H14N2O3. The number of aryl methyl sites for hydroxylation is 1. The van der Waals surface area contributed by atoms with Crippen molar-refractivity contribution in [3.8, 4) is 0 Å². The largest absolute Gasteiger partial charge is 0.481 e. The zero-order chi connectivity index (χ0) is 10.8. The molecule has 0 radical (unpaired) electrons. The third-order valence-electron chi connectivity index (χ3n) is 2.75. The van der Waals surface area contributed by atoms with Gasteiger partial charge in [-0.3, -0.25) is 9.48 Å². The molecule has 2 heterocycles. The highest BCUT2D eigenvalue weighted by atomic mass is 16.5. The normalized spacial score (nSPS) is 25.7. The standard InChI is InChI=1S/C10H14N2O3/c1-2-12-8(3-5-11-12)9-7(10(13)14)4-6-15-9/h3,5,7,9H,2,4,6H2,1H3,(H,13,14)/t7-,9+/m1/s1. The van der Waals surface area contributed by atoms with E-state index in [4.69, 9.17) is 9.84 Å². The fourth-order valence-corrected chi connectivity index (χ4v) is 1.98. The van der Waals surface area contributed by atoms with Crippen LogP contribution in [-0.2, 0) is 16.1 Å². The zero-order valence-electron chi connectivity index (χ0n) is 8.59. The molecule has 0 amide bonds. The number of ether oxygens (including phenoxy) is 1. The first kappa shape index (κ1) is 10.2. The number of aromatic nitrogens is 2. The Hall–Kier alpha value is -1.36. The highest BCUT2D eigenvalue weighted by molar-refractivity contribution is 5.71. The number of carboxylic acid groups (broad SMARTS) is 1. The first-order valence-electron chi connectivity index (χ1n) is 5.10. The number of aliphatic carboxylic acids is 1. The average Bonchev–Trinajstić information content (AvgIpc) is 2.85. The second kappa shape index (κ2) is 4.02. The van der Waals surface area contributed by atoms with Crippen molar-refractivity contribution in [1.82, 2.24) is 9.78 Å². The first-order valence-corrected chi connectivity index (χ1v) is 5.10. The highest BCUT2D eigenvalue weighted by Crippen LogP contribution is 2.34. The van der Waals surface area contributed by atoms with Gasteiger partial charge in [0.05, 0.1) is 11.6 Å². The van der Waals surface area contributed by atoms with Crippen LogP contribution in [0.15, 0.2) is 12.3 Å². The van der Waals surface area contributed by atoms with Crippen molar-refractivity contribution in [3.05, 3.63) is 18.0 Å². The van der Waals surface area contributed by atoms with Crippen LogP contribution in [0.3, 0.4) is 0 Å². The summed E-state index contributed by atoms with van der Waals surface area (Å²) >= 11 is 0. The highest BCUT2D eigenvalue weighted by Gasteiger charge is 2.36. The predicted octanol–water partition coefficient (Wildman–Crippen LogP) is 1.07. The summed E-state index contributed by atoms with van der Waals surface area (Å²) in [6.45, 7) is 3.21. The summed E-state index contributed by atoms with van der Waals surface area (Å²) in [4.78, 5) is 11.0. The molecule has 0 aromatic carbocycles. The average molecular weight is 210 g/mol. The molecule has 0 saturated carbocycles. The van der Waals surface area contributed by atoms with Gasteiger partial charge >= 0.3 is 5.97 Å². The molecule has 1 aliphatic heterocycles. The Morgan fingerprint density at radius 1 is 1.80 bits per heavy atom. The number of rotatable bonds is 3. The van der Waals surface area contributed by atoms with Crippen molar-refractivity contribution in [2.45, 2.75) is 26.0 Å². The fourth-order valence-electron chi connectivity index (χ4n) is 1.98. The molecule has 1 aromatic heterocycles. The molecule has 1 fully saturated rings. The van der Waals surface area contributed by atoms with Crippen LogP contribution < -0.4 is 0 Å². The van der Waals surface area contributed by atoms with E-state index < -0.39 is 11.9 Å². The lowest BCUT2D eigenvalue weighted by molar-refractivity contribution is -0.143. The number of nitrogens with zero attached hydrogens (tertiary/aromatic N) is 2. The molecule has 0 bridgehead atoms. The van der Waals surface area contributed by atoms with Gasteiger partial charge in [-0.05, 0) is 19.4 Å². The smallest absolute Gasteiger partial charge is 0.309 e. The monoisotopic (exact) mass is 210 g/mol. The molecule has 1 aromatic rings. The predicted molar refractivity (Wildman–Crippen MR) is 52.3 cm³/mol. The molecular weight excluding hydrogens is 196 g/mol. The number of hydrogen-bond donors (Lipinski definition) is 1. The SMILES string of the molecule is CCn1nccc1[C@H]1OCC[C@H]1C(=O)O. The van der Waals surface area contributed by atoms with Crippen LogP contribution in [0.25, 0.3) is 0 Å². The van der Waals surface area contributed by atoms with E-state index in [1.165, 1.54) is 0 Å². The van der Waals surface area contributed by atoms with Crippen LogP contribution >= 0.6 is 0 Å². The lowest BCUT2D eigenvalue weighted by Gasteiger charge is -2.15. The van der Waals surface area contributed by atoms with Crippen LogP contribution in [-0.4, -0.2) is 27.5 Å². The van der Waals surface area contributed by atoms with Crippen LogP contribution in [0.5, 0.6) is 0 Å². The maximum Gasteiger partial charge on any atom is 0.309 e. The van der Waals surface area contributed by atoms with Crippen molar-refractivity contribution in [2.75, 3.05) is 6.61 Å². The summed E-state index contributed by atoms with van der Waals surface area (Å²) < 4.78 is 7.26. The Kier molecular flexibility index (Phi) is 2.73. The van der Waals surface area contributed by atoms with Crippen LogP contribution in [0.1, 0.15) is 25.1 Å². The Morgan fingerprint density at radius 2 is 2.60 bits per heavy atom. The summed E-state index contributed by atoms with van der Waals surface area (Å²) in [6, 6.07) is 1.83. The van der Waals surface area contributed by atoms with Gasteiger partial charge in [-0.1, -0.05) is 0 Å². The van der Waals surface area contributed by atoms with Crippen molar-refractivity contribution >= 4 is 5.97 Å². The van der Waals surface area contributed by atoms with Crippen molar-refractivity contribution < 1.29 is 14.6 Å². The van der Waals surface area contributed by atoms with Gasteiger partial charge in [0.2, 0.25) is 0 Å². The quantitative estimate of drug-likeness (QED) is 0.810. The minimum atomic E-state index is -0.790. The van der Waals surface area contributed by atoms with Crippen LogP contribution in [0.2, 0.25) is 0 Å². The summed E-state index contributed by atoms with van der Waals surface area (Å²) in [5.74, 6) is -1.23. The Labute approximate surface area is 87.7 Å². The van der Waals surface area contributed by atoms with E-state index in [2.05, 4.69) is 5.10 Å². The zero-order valence-corrected chi connectivity index (χ0v) is 8.59. The third kappa shape index (κ3) is 1.74. The molecule has 2 rings (SSSR count). The molecule has 5 nitrogen and oxygen atoms in total. The molecule has 82 valence electrons. The van der Waals surface area contributed by atoms with Crippen molar-refractivity contribution in [2.24, 2.45) is 5.92 Å². The van der Waals surface area contributed by atoms with E-state index in [1.807, 2.05) is 13.0 Å². The van der Waals surface area contributed by atoms with Gasteiger partial charge in [0.15, 0.2) is 0 Å². The summed E-state index contributed by atoms with van der Waals surface area (Å²) in [5.41, 5.74) is 0.863. The lowest BCUT2D eigenvalue weighted by Crippen LogP contribution is -2.20. The second-order valence-electron chi connectivity index (χ2n) is 3.60. The van der Waals surface area contributed by atoms with Gasteiger partial charge in [-0.15, -0.1) is 0 Å². The molecule has 1 aliphatic rings. The fraction of sp³-hybridized carbons (Fsp3) is 0.600. The topological polar surface area (TPSA) is 64.4 Å². The molecule has 15 heavy (non-hydrogen) atoms. The minimum absolute atomic E-state index is 0.343. The molecule has 5 heteroatoms. The van der Waals surface area contributed by atoms with Gasteiger partial charge in [0.1, 0.15) is 6.10 Å². The third-order valence-corrected chi connectivity index (χ3v) is 2.75. The van der Waals surface area contributed by atoms with E-state index in [9.17, 15) is 4.79 Å². The molecule has 1 N–H and O–H groups in total. The number of carboxylic acids is 1. The van der Waals surface area contributed by atoms with E-state index in [-0.39, 0.29) is 6.10 Å². The second-order valence-corrected chi connectivity index (χ2v) is 3.60. The van der Waals surface area contributed by atoms with Crippen LogP contribution in [0, 0.1) is 5.92 Å². The van der Waals surface area contributed by atoms with E-state index >= 15 is 0 Å². The summed E-state index contributed by atoms with van der Waals surface area (Å²) in [5, 5.41) is 13.2. The molecule has 0 spiro atoms. The maximum atomic E-state index is 11.0. The number of carbonyl (C=O) groups is 1. The molecule has 2 atom stereocenters. The van der Waals surface area contributed by atoms with E-state index in [0.29, 0.717) is 13.0 Å². The Morgan fingerprint density at radius 3 is 3.27 bits per heavy atom. The molecule has 0 unspecified atom stereocenters. The summed E-state index contributed by atoms with van der Waals surface area (Å²) in [7, 11) is 0. The van der Waals surface area contributed by atoms with Gasteiger partial charge in [-0.25, -0.2) is 0 Å². The van der Waals surface area contributed by atoms with Gasteiger partial charge in [0, 0.05) is 19.3 Å². The first-order chi connectivity index (χ1) is 7.24. The van der Waals surface area contributed by atoms with Gasteiger partial charge < -0.3 is 9.84 Å². The Balaban J connectivity index is 2.26. The Bertz CT molecular complexity index is 361. The minimum Gasteiger partial charge on any atom is -0.481 e. The van der Waals surface area contributed by atoms with Gasteiger partial charge in [0.25, 0.3) is 0 Å². The lowest BCUT2D eigenvalue weighted by atomic mass is 9.99. The van der Waals surface area contributed by atoms with Crippen molar-refractivity contribution in [3.63, 3.8) is 0 Å². The van der Waals surface area contributed by atoms with E-state index in [0.717, 1.165) is 12.2 Å². The molecule has 1 saturated heterocycles. The maximum absolute atomic E-state index is 11.0. The van der Waals surface area contributed by atoms with Crippen molar-refractivity contribution in [1.29, 1.82) is 0 Å². The van der Waals surface area contributed by atoms with Crippen LogP contribution in [0.4, 0.5) is 0 Å².